The van der Waals surface area contributed by atoms with Crippen LogP contribution in [0.3, 0.4) is 0 Å². The fraction of sp³-hybridized carbons (Fsp3) is 0.467. The summed E-state index contributed by atoms with van der Waals surface area (Å²) in [5.41, 5.74) is 0.928. The Hall–Kier alpha value is -1.66. The zero-order chi connectivity index (χ0) is 14.7. The maximum atomic E-state index is 11.3. The molecule has 5 nitrogen and oxygen atoms in total. The number of nitrogens with one attached hydrogen (secondary N) is 3. The molecule has 4 rings (SSSR count). The summed E-state index contributed by atoms with van der Waals surface area (Å²) in [7, 11) is 0. The van der Waals surface area contributed by atoms with Gasteiger partial charge in [-0.3, -0.25) is 9.59 Å². The predicted molar refractivity (Wildman–Crippen MR) is 84.6 cm³/mol. The molecule has 1 unspecified atom stereocenters. The van der Waals surface area contributed by atoms with Crippen LogP contribution in [0.2, 0.25) is 0 Å². The summed E-state index contributed by atoms with van der Waals surface area (Å²) in [6.07, 6.45) is 4.51. The molecule has 2 aliphatic rings. The summed E-state index contributed by atoms with van der Waals surface area (Å²) in [5.74, 6) is 0.213. The van der Waals surface area contributed by atoms with Crippen molar-refractivity contribution in [2.75, 3.05) is 6.54 Å². The number of fused-ring (bicyclic) bond motifs is 1. The van der Waals surface area contributed by atoms with E-state index in [1.807, 2.05) is 24.3 Å². The van der Waals surface area contributed by atoms with Crippen LogP contribution in [0.25, 0.3) is 10.2 Å². The lowest BCUT2D eigenvalue weighted by Gasteiger charge is -2.09. The van der Waals surface area contributed by atoms with Gasteiger partial charge in [0.1, 0.15) is 0 Å². The number of carbonyl (C=O) groups is 1. The fourth-order valence-electron chi connectivity index (χ4n) is 2.33. The molecule has 6 heteroatoms. The van der Waals surface area contributed by atoms with Crippen LogP contribution in [0, 0.1) is 0 Å². The van der Waals surface area contributed by atoms with Crippen LogP contribution in [0.4, 0.5) is 0 Å². The molecule has 1 saturated carbocycles. The first-order valence-electron chi connectivity index (χ1n) is 7.34. The normalized spacial score (nSPS) is 20.9. The highest BCUT2D eigenvalue weighted by Crippen LogP contribution is 2.19. The number of benzene rings is 1. The third-order valence-corrected chi connectivity index (χ3v) is 4.49. The lowest BCUT2D eigenvalue weighted by molar-refractivity contribution is -0.122. The lowest BCUT2D eigenvalue weighted by atomic mass is 10.2. The largest absolute Gasteiger partial charge is 0.352 e. The van der Waals surface area contributed by atoms with Gasteiger partial charge in [0.25, 0.3) is 0 Å². The second-order valence-electron chi connectivity index (χ2n) is 5.44. The molecule has 112 valence electrons. The van der Waals surface area contributed by atoms with Crippen molar-refractivity contribution < 1.29 is 4.79 Å². The smallest absolute Gasteiger partial charge is 0.305 e. The molecule has 21 heavy (non-hydrogen) atoms. The second kappa shape index (κ2) is 6.41. The molecule has 2 aromatic rings. The Bertz CT molecular complexity index is 633. The van der Waals surface area contributed by atoms with Gasteiger partial charge >= 0.3 is 4.87 Å². The average molecular weight is 305 g/mol. The van der Waals surface area contributed by atoms with Crippen molar-refractivity contribution in [1.29, 1.82) is 0 Å². The third kappa shape index (κ3) is 3.92. The van der Waals surface area contributed by atoms with Crippen LogP contribution >= 0.6 is 11.3 Å². The second-order valence-corrected chi connectivity index (χ2v) is 6.46. The van der Waals surface area contributed by atoms with Crippen molar-refractivity contribution >= 4 is 27.5 Å². The first kappa shape index (κ1) is 14.3. The van der Waals surface area contributed by atoms with Crippen molar-refractivity contribution in [3.63, 3.8) is 0 Å². The summed E-state index contributed by atoms with van der Waals surface area (Å²) < 4.78 is 1.02. The maximum absolute atomic E-state index is 11.3. The number of hydrogen-bond acceptors (Lipinski definition) is 4. The highest BCUT2D eigenvalue weighted by Gasteiger charge is 2.28. The molecular weight excluding hydrogens is 286 g/mol. The van der Waals surface area contributed by atoms with Crippen LogP contribution < -0.4 is 15.5 Å². The topological polar surface area (TPSA) is 74.0 Å². The number of para-hydroxylation sites is 1. The average Bonchev–Trinajstić information content (AvgIpc) is 3.00. The quantitative estimate of drug-likeness (QED) is 0.789. The van der Waals surface area contributed by atoms with E-state index in [-0.39, 0.29) is 16.8 Å². The molecule has 3 N–H and O–H groups in total. The predicted octanol–water partition coefficient (Wildman–Crippen LogP) is 1.61. The monoisotopic (exact) mass is 305 g/mol. The molecule has 1 amide bonds. The molecular formula is C15H19N3O2S. The molecule has 1 aliphatic heterocycles. The Morgan fingerprint density at radius 1 is 1.24 bits per heavy atom. The zero-order valence-corrected chi connectivity index (χ0v) is 12.5. The Labute approximate surface area is 126 Å². The van der Waals surface area contributed by atoms with Crippen LogP contribution in [-0.2, 0) is 4.79 Å². The molecule has 2 heterocycles. The van der Waals surface area contributed by atoms with E-state index in [1.54, 1.807) is 0 Å². The van der Waals surface area contributed by atoms with E-state index in [4.69, 9.17) is 0 Å². The van der Waals surface area contributed by atoms with Crippen molar-refractivity contribution in [1.82, 2.24) is 15.6 Å². The zero-order valence-electron chi connectivity index (χ0n) is 11.7. The van der Waals surface area contributed by atoms with E-state index >= 15 is 0 Å². The van der Waals surface area contributed by atoms with E-state index < -0.39 is 0 Å². The summed E-state index contributed by atoms with van der Waals surface area (Å²) in [6, 6.07) is 8.27. The van der Waals surface area contributed by atoms with Gasteiger partial charge in [-0.25, -0.2) is 0 Å². The third-order valence-electron chi connectivity index (χ3n) is 3.63. The van der Waals surface area contributed by atoms with E-state index in [2.05, 4.69) is 15.6 Å². The summed E-state index contributed by atoms with van der Waals surface area (Å²) in [5, 5.41) is 6.17. The van der Waals surface area contributed by atoms with Crippen LogP contribution in [0.5, 0.6) is 0 Å². The minimum absolute atomic E-state index is 0.0150. The molecule has 1 aromatic heterocycles. The highest BCUT2D eigenvalue weighted by molar-refractivity contribution is 7.16. The van der Waals surface area contributed by atoms with Crippen LogP contribution in [-0.4, -0.2) is 29.5 Å². The van der Waals surface area contributed by atoms with Gasteiger partial charge in [-0.1, -0.05) is 23.5 Å². The SMILES string of the molecule is O=C(NC1CC1)C1CCCN1.O=c1[nH]c2ccccc2s1. The Morgan fingerprint density at radius 3 is 2.71 bits per heavy atom. The summed E-state index contributed by atoms with van der Waals surface area (Å²) >= 11 is 1.24. The van der Waals surface area contributed by atoms with Gasteiger partial charge < -0.3 is 15.6 Å². The molecule has 1 saturated heterocycles. The Balaban J connectivity index is 0.000000126. The standard InChI is InChI=1S/C8H14N2O.C7H5NOS/c11-8(10-6-3-4-6)7-2-1-5-9-7;9-7-8-5-3-1-2-4-6(5)10-7/h6-7,9H,1-5H2,(H,10,11);1-4H,(H,8,9). The number of amides is 1. The van der Waals surface area contributed by atoms with Gasteiger partial charge in [0.15, 0.2) is 0 Å². The van der Waals surface area contributed by atoms with Gasteiger partial charge in [-0.15, -0.1) is 0 Å². The molecule has 0 radical (unpaired) electrons. The van der Waals surface area contributed by atoms with Gasteiger partial charge in [0.2, 0.25) is 5.91 Å². The minimum atomic E-state index is 0.0150. The van der Waals surface area contributed by atoms with Crippen LogP contribution in [0.1, 0.15) is 25.7 Å². The first-order valence-corrected chi connectivity index (χ1v) is 8.15. The van der Waals surface area contributed by atoms with E-state index in [1.165, 1.54) is 24.2 Å². The first-order chi connectivity index (χ1) is 10.2. The van der Waals surface area contributed by atoms with Crippen molar-refractivity contribution in [2.45, 2.75) is 37.8 Å². The number of H-pyrrole nitrogens is 1. The number of thiazole rings is 1. The molecule has 1 aliphatic carbocycles. The number of carbonyl (C=O) groups excluding carboxylic acids is 1. The molecule has 2 fully saturated rings. The van der Waals surface area contributed by atoms with Gasteiger partial charge in [0.05, 0.1) is 16.3 Å². The maximum Gasteiger partial charge on any atom is 0.305 e. The van der Waals surface area contributed by atoms with Crippen molar-refractivity contribution in [2.24, 2.45) is 0 Å². The van der Waals surface area contributed by atoms with E-state index in [0.717, 1.165) is 29.6 Å². The molecule has 1 atom stereocenters. The summed E-state index contributed by atoms with van der Waals surface area (Å²) in [6.45, 7) is 1.00. The Kier molecular flexibility index (Phi) is 4.36. The number of aromatic nitrogens is 1. The van der Waals surface area contributed by atoms with Crippen LogP contribution in [0.15, 0.2) is 29.1 Å². The van der Waals surface area contributed by atoms with E-state index in [0.29, 0.717) is 6.04 Å². The lowest BCUT2D eigenvalue weighted by Crippen LogP contribution is -2.41. The van der Waals surface area contributed by atoms with Gasteiger partial charge in [-0.2, -0.15) is 0 Å². The molecule has 0 bridgehead atoms. The molecule has 1 aromatic carbocycles. The number of aromatic amines is 1. The van der Waals surface area contributed by atoms with Gasteiger partial charge in [-0.05, 0) is 44.4 Å². The summed E-state index contributed by atoms with van der Waals surface area (Å²) in [4.78, 5) is 24.8. The van der Waals surface area contributed by atoms with Crippen molar-refractivity contribution in [3.8, 4) is 0 Å². The Morgan fingerprint density at radius 2 is 2.05 bits per heavy atom. The highest BCUT2D eigenvalue weighted by atomic mass is 32.1. The van der Waals surface area contributed by atoms with Gasteiger partial charge in [0, 0.05) is 6.04 Å². The number of rotatable bonds is 2. The molecule has 0 spiro atoms. The van der Waals surface area contributed by atoms with E-state index in [9.17, 15) is 9.59 Å². The van der Waals surface area contributed by atoms with Crippen molar-refractivity contribution in [3.05, 3.63) is 33.9 Å². The number of hydrogen-bond donors (Lipinski definition) is 3. The minimum Gasteiger partial charge on any atom is -0.352 e. The fourth-order valence-corrected chi connectivity index (χ4v) is 3.07.